The van der Waals surface area contributed by atoms with Crippen molar-refractivity contribution in [3.8, 4) is 0 Å². The lowest BCUT2D eigenvalue weighted by atomic mass is 10.4. The van der Waals surface area contributed by atoms with E-state index in [0.717, 1.165) is 19.5 Å². The van der Waals surface area contributed by atoms with Crippen LogP contribution < -0.4 is 5.32 Å². The Morgan fingerprint density at radius 3 is 3.08 bits per heavy atom. The minimum atomic E-state index is 0.261. The molecule has 2 N–H and O–H groups in total. The SMILES string of the molecule is CNCc1cccn1CCCO. The molecule has 0 saturated heterocycles. The van der Waals surface area contributed by atoms with E-state index >= 15 is 0 Å². The molecule has 1 heterocycles. The minimum Gasteiger partial charge on any atom is -0.396 e. The molecule has 0 aliphatic rings. The minimum absolute atomic E-state index is 0.261. The first-order chi connectivity index (χ1) is 5.88. The van der Waals surface area contributed by atoms with Gasteiger partial charge in [-0.2, -0.15) is 0 Å². The second kappa shape index (κ2) is 4.95. The van der Waals surface area contributed by atoms with Crippen LogP contribution in [-0.2, 0) is 13.1 Å². The molecule has 3 heteroatoms. The molecule has 0 amide bonds. The highest BCUT2D eigenvalue weighted by molar-refractivity contribution is 5.06. The number of nitrogens with one attached hydrogen (secondary N) is 1. The van der Waals surface area contributed by atoms with Gasteiger partial charge < -0.3 is 15.0 Å². The molecule has 0 aliphatic heterocycles. The van der Waals surface area contributed by atoms with Gasteiger partial charge in [-0.15, -0.1) is 0 Å². The predicted octanol–water partition coefficient (Wildman–Crippen LogP) is 0.590. The van der Waals surface area contributed by atoms with Gasteiger partial charge in [-0.1, -0.05) is 0 Å². The number of rotatable bonds is 5. The molecule has 0 unspecified atom stereocenters. The van der Waals surface area contributed by atoms with Gasteiger partial charge in [0.15, 0.2) is 0 Å². The number of aryl methyl sites for hydroxylation is 1. The molecule has 0 atom stereocenters. The number of hydrogen-bond donors (Lipinski definition) is 2. The summed E-state index contributed by atoms with van der Waals surface area (Å²) < 4.78 is 2.16. The van der Waals surface area contributed by atoms with Crippen LogP contribution in [0.1, 0.15) is 12.1 Å². The lowest BCUT2D eigenvalue weighted by molar-refractivity contribution is 0.279. The van der Waals surface area contributed by atoms with E-state index in [1.807, 2.05) is 19.3 Å². The summed E-state index contributed by atoms with van der Waals surface area (Å²) in [4.78, 5) is 0. The Labute approximate surface area is 73.0 Å². The smallest absolute Gasteiger partial charge is 0.0448 e. The van der Waals surface area contributed by atoms with E-state index in [4.69, 9.17) is 5.11 Å². The van der Waals surface area contributed by atoms with E-state index in [1.54, 1.807) is 0 Å². The van der Waals surface area contributed by atoms with Crippen LogP contribution in [0.2, 0.25) is 0 Å². The summed E-state index contributed by atoms with van der Waals surface area (Å²) in [6.07, 6.45) is 2.87. The average molecular weight is 168 g/mol. The quantitative estimate of drug-likeness (QED) is 0.675. The summed E-state index contributed by atoms with van der Waals surface area (Å²) in [6.45, 7) is 2.05. The molecule has 0 aliphatic carbocycles. The number of hydrogen-bond acceptors (Lipinski definition) is 2. The fourth-order valence-corrected chi connectivity index (χ4v) is 1.25. The Morgan fingerprint density at radius 2 is 2.42 bits per heavy atom. The summed E-state index contributed by atoms with van der Waals surface area (Å²) in [5.41, 5.74) is 1.27. The van der Waals surface area contributed by atoms with Crippen molar-refractivity contribution in [2.75, 3.05) is 13.7 Å². The van der Waals surface area contributed by atoms with Gasteiger partial charge in [-0.25, -0.2) is 0 Å². The molecule has 1 aromatic rings. The molecule has 0 fully saturated rings. The predicted molar refractivity (Wildman–Crippen MR) is 48.9 cm³/mol. The molecule has 0 aromatic carbocycles. The Balaban J connectivity index is 2.51. The van der Waals surface area contributed by atoms with Crippen molar-refractivity contribution >= 4 is 0 Å². The standard InChI is InChI=1S/C9H16N2O/c1-10-8-9-4-2-5-11(9)6-3-7-12/h2,4-5,10,12H,3,6-8H2,1H3. The largest absolute Gasteiger partial charge is 0.396 e. The second-order valence-electron chi connectivity index (χ2n) is 2.80. The van der Waals surface area contributed by atoms with Crippen molar-refractivity contribution in [3.05, 3.63) is 24.0 Å². The Kier molecular flexibility index (Phi) is 3.84. The normalized spacial score (nSPS) is 10.5. The van der Waals surface area contributed by atoms with Crippen LogP contribution in [0.25, 0.3) is 0 Å². The zero-order chi connectivity index (χ0) is 8.81. The van der Waals surface area contributed by atoms with E-state index in [2.05, 4.69) is 16.0 Å². The summed E-state index contributed by atoms with van der Waals surface area (Å²) >= 11 is 0. The van der Waals surface area contributed by atoms with Crippen molar-refractivity contribution in [1.29, 1.82) is 0 Å². The van der Waals surface area contributed by atoms with Crippen molar-refractivity contribution < 1.29 is 5.11 Å². The maximum absolute atomic E-state index is 8.66. The van der Waals surface area contributed by atoms with E-state index in [9.17, 15) is 0 Å². The van der Waals surface area contributed by atoms with Crippen LogP contribution >= 0.6 is 0 Å². The molecule has 0 spiro atoms. The third-order valence-electron chi connectivity index (χ3n) is 1.84. The van der Waals surface area contributed by atoms with Crippen molar-refractivity contribution in [3.63, 3.8) is 0 Å². The summed E-state index contributed by atoms with van der Waals surface area (Å²) in [5.74, 6) is 0. The molecule has 0 radical (unpaired) electrons. The molecular weight excluding hydrogens is 152 g/mol. The maximum atomic E-state index is 8.66. The molecular formula is C9H16N2O. The highest BCUT2D eigenvalue weighted by Crippen LogP contribution is 2.02. The lowest BCUT2D eigenvalue weighted by Gasteiger charge is -2.07. The third kappa shape index (κ3) is 2.36. The van der Waals surface area contributed by atoms with E-state index in [1.165, 1.54) is 5.69 Å². The van der Waals surface area contributed by atoms with Gasteiger partial charge in [0.2, 0.25) is 0 Å². The fourth-order valence-electron chi connectivity index (χ4n) is 1.25. The first-order valence-corrected chi connectivity index (χ1v) is 4.28. The molecule has 0 bridgehead atoms. The highest BCUT2D eigenvalue weighted by atomic mass is 16.3. The van der Waals surface area contributed by atoms with Gasteiger partial charge in [0.05, 0.1) is 0 Å². The summed E-state index contributed by atoms with van der Waals surface area (Å²) in [5, 5.41) is 11.8. The number of aromatic nitrogens is 1. The zero-order valence-electron chi connectivity index (χ0n) is 7.45. The Bertz CT molecular complexity index is 220. The van der Waals surface area contributed by atoms with Gasteiger partial charge >= 0.3 is 0 Å². The molecule has 12 heavy (non-hydrogen) atoms. The van der Waals surface area contributed by atoms with E-state index in [-0.39, 0.29) is 6.61 Å². The van der Waals surface area contributed by atoms with Crippen molar-refractivity contribution in [2.24, 2.45) is 0 Å². The number of nitrogens with zero attached hydrogens (tertiary/aromatic N) is 1. The van der Waals surface area contributed by atoms with Crippen LogP contribution in [0.15, 0.2) is 18.3 Å². The van der Waals surface area contributed by atoms with E-state index < -0.39 is 0 Å². The van der Waals surface area contributed by atoms with E-state index in [0.29, 0.717) is 0 Å². The Morgan fingerprint density at radius 1 is 1.58 bits per heavy atom. The second-order valence-corrected chi connectivity index (χ2v) is 2.80. The fraction of sp³-hybridized carbons (Fsp3) is 0.556. The molecule has 3 nitrogen and oxygen atoms in total. The van der Waals surface area contributed by atoms with Gasteiger partial charge in [0, 0.05) is 31.6 Å². The summed E-state index contributed by atoms with van der Waals surface area (Å²) in [6, 6.07) is 4.12. The number of aliphatic hydroxyl groups is 1. The van der Waals surface area contributed by atoms with Gasteiger partial charge in [0.1, 0.15) is 0 Å². The van der Waals surface area contributed by atoms with Gasteiger partial charge in [-0.05, 0) is 25.6 Å². The van der Waals surface area contributed by atoms with Gasteiger partial charge in [-0.3, -0.25) is 0 Å². The first kappa shape index (κ1) is 9.29. The Hall–Kier alpha value is -0.800. The lowest BCUT2D eigenvalue weighted by Crippen LogP contribution is -2.11. The van der Waals surface area contributed by atoms with Crippen LogP contribution in [0.5, 0.6) is 0 Å². The highest BCUT2D eigenvalue weighted by Gasteiger charge is 1.97. The average Bonchev–Trinajstić information content (AvgIpc) is 2.50. The van der Waals surface area contributed by atoms with Gasteiger partial charge in [0.25, 0.3) is 0 Å². The molecule has 1 rings (SSSR count). The van der Waals surface area contributed by atoms with Crippen molar-refractivity contribution in [1.82, 2.24) is 9.88 Å². The topological polar surface area (TPSA) is 37.2 Å². The first-order valence-electron chi connectivity index (χ1n) is 4.28. The van der Waals surface area contributed by atoms with Crippen LogP contribution in [-0.4, -0.2) is 23.3 Å². The van der Waals surface area contributed by atoms with Crippen LogP contribution in [0, 0.1) is 0 Å². The van der Waals surface area contributed by atoms with Crippen LogP contribution in [0.3, 0.4) is 0 Å². The monoisotopic (exact) mass is 168 g/mol. The van der Waals surface area contributed by atoms with Crippen molar-refractivity contribution in [2.45, 2.75) is 19.5 Å². The summed E-state index contributed by atoms with van der Waals surface area (Å²) in [7, 11) is 1.93. The molecule has 1 aromatic heterocycles. The maximum Gasteiger partial charge on any atom is 0.0448 e. The van der Waals surface area contributed by atoms with Crippen LogP contribution in [0.4, 0.5) is 0 Å². The molecule has 0 saturated carbocycles. The number of aliphatic hydroxyl groups excluding tert-OH is 1. The third-order valence-corrected chi connectivity index (χ3v) is 1.84. The zero-order valence-corrected chi connectivity index (χ0v) is 7.45. The molecule has 68 valence electrons.